The van der Waals surface area contributed by atoms with Gasteiger partial charge < -0.3 is 11.1 Å². The van der Waals surface area contributed by atoms with Crippen LogP contribution in [0.4, 0.5) is 0 Å². The average molecular weight is 276 g/mol. The maximum atomic E-state index is 11.8. The van der Waals surface area contributed by atoms with Gasteiger partial charge in [0, 0.05) is 6.42 Å². The fraction of sp³-hybridized carbons (Fsp3) is 0.917. The third kappa shape index (κ3) is 4.94. The van der Waals surface area contributed by atoms with Crippen LogP contribution in [0, 0.1) is 5.92 Å². The molecule has 0 saturated carbocycles. The highest BCUT2D eigenvalue weighted by Crippen LogP contribution is 2.23. The van der Waals surface area contributed by atoms with Crippen molar-refractivity contribution in [1.82, 2.24) is 5.32 Å². The molecule has 0 aliphatic carbocycles. The lowest BCUT2D eigenvalue weighted by Gasteiger charge is -2.24. The van der Waals surface area contributed by atoms with Crippen molar-refractivity contribution in [2.75, 3.05) is 18.1 Å². The third-order valence-electron chi connectivity index (χ3n) is 3.47. The maximum Gasteiger partial charge on any atom is 0.220 e. The van der Waals surface area contributed by atoms with Gasteiger partial charge in [-0.15, -0.1) is 0 Å². The van der Waals surface area contributed by atoms with E-state index in [4.69, 9.17) is 5.73 Å². The predicted octanol–water partition coefficient (Wildman–Crippen LogP) is 0.445. The van der Waals surface area contributed by atoms with Crippen LogP contribution in [-0.4, -0.2) is 37.9 Å². The quantitative estimate of drug-likeness (QED) is 0.737. The second kappa shape index (κ2) is 6.02. The van der Waals surface area contributed by atoms with Gasteiger partial charge in [0.05, 0.1) is 17.0 Å². The standard InChI is InChI=1S/C12H24N2O3S/c1-10(5-7-13)3-4-11(15)14-12(2)6-8-18(16,17)9-12/h10H,3-9,13H2,1-2H3,(H,14,15). The number of rotatable bonds is 6. The zero-order chi connectivity index (χ0) is 13.8. The zero-order valence-electron chi connectivity index (χ0n) is 11.2. The topological polar surface area (TPSA) is 89.3 Å². The number of carbonyl (C=O) groups excluding carboxylic acids is 1. The van der Waals surface area contributed by atoms with Gasteiger partial charge >= 0.3 is 0 Å². The van der Waals surface area contributed by atoms with Gasteiger partial charge in [-0.25, -0.2) is 8.42 Å². The molecule has 2 unspecified atom stereocenters. The molecule has 1 amide bonds. The van der Waals surface area contributed by atoms with Crippen molar-refractivity contribution in [3.05, 3.63) is 0 Å². The Morgan fingerprint density at radius 2 is 2.11 bits per heavy atom. The highest BCUT2D eigenvalue weighted by atomic mass is 32.2. The van der Waals surface area contributed by atoms with E-state index < -0.39 is 15.4 Å². The molecule has 3 N–H and O–H groups in total. The molecular weight excluding hydrogens is 252 g/mol. The molecule has 106 valence electrons. The van der Waals surface area contributed by atoms with Crippen LogP contribution < -0.4 is 11.1 Å². The summed E-state index contributed by atoms with van der Waals surface area (Å²) in [6.07, 6.45) is 2.67. The molecule has 1 aliphatic rings. The van der Waals surface area contributed by atoms with Gasteiger partial charge in [0.15, 0.2) is 9.84 Å². The Kier molecular flexibility index (Phi) is 5.16. The van der Waals surface area contributed by atoms with E-state index in [9.17, 15) is 13.2 Å². The Morgan fingerprint density at radius 3 is 2.61 bits per heavy atom. The van der Waals surface area contributed by atoms with Crippen LogP contribution in [0.25, 0.3) is 0 Å². The smallest absolute Gasteiger partial charge is 0.220 e. The number of hydrogen-bond acceptors (Lipinski definition) is 4. The molecule has 6 heteroatoms. The van der Waals surface area contributed by atoms with E-state index in [-0.39, 0.29) is 17.4 Å². The van der Waals surface area contributed by atoms with Gasteiger partial charge in [-0.3, -0.25) is 4.79 Å². The number of hydrogen-bond donors (Lipinski definition) is 2. The number of amides is 1. The van der Waals surface area contributed by atoms with Crippen molar-refractivity contribution >= 4 is 15.7 Å². The van der Waals surface area contributed by atoms with E-state index in [1.807, 2.05) is 0 Å². The number of sulfone groups is 1. The van der Waals surface area contributed by atoms with Crippen LogP contribution in [0.5, 0.6) is 0 Å². The first kappa shape index (κ1) is 15.4. The largest absolute Gasteiger partial charge is 0.350 e. The predicted molar refractivity (Wildman–Crippen MR) is 71.9 cm³/mol. The summed E-state index contributed by atoms with van der Waals surface area (Å²) >= 11 is 0. The summed E-state index contributed by atoms with van der Waals surface area (Å²) in [4.78, 5) is 11.8. The molecule has 0 aromatic carbocycles. The Balaban J connectivity index is 2.37. The molecule has 0 bridgehead atoms. The van der Waals surface area contributed by atoms with Crippen LogP contribution in [0.3, 0.4) is 0 Å². The Morgan fingerprint density at radius 1 is 1.44 bits per heavy atom. The van der Waals surface area contributed by atoms with Gasteiger partial charge in [-0.05, 0) is 38.6 Å². The van der Waals surface area contributed by atoms with Crippen LogP contribution in [0.1, 0.15) is 39.5 Å². The lowest BCUT2D eigenvalue weighted by molar-refractivity contribution is -0.122. The summed E-state index contributed by atoms with van der Waals surface area (Å²) in [5, 5.41) is 2.86. The van der Waals surface area contributed by atoms with Crippen LogP contribution >= 0.6 is 0 Å². The first-order valence-electron chi connectivity index (χ1n) is 6.48. The first-order valence-corrected chi connectivity index (χ1v) is 8.30. The Labute approximate surface area is 109 Å². The maximum absolute atomic E-state index is 11.8. The molecule has 1 heterocycles. The van der Waals surface area contributed by atoms with E-state index in [0.717, 1.165) is 12.8 Å². The third-order valence-corrected chi connectivity index (χ3v) is 5.37. The van der Waals surface area contributed by atoms with E-state index in [1.54, 1.807) is 6.92 Å². The summed E-state index contributed by atoms with van der Waals surface area (Å²) in [6, 6.07) is 0. The van der Waals surface area contributed by atoms with Gasteiger partial charge in [0.25, 0.3) is 0 Å². The van der Waals surface area contributed by atoms with E-state index in [2.05, 4.69) is 12.2 Å². The number of nitrogens with two attached hydrogens (primary N) is 1. The fourth-order valence-electron chi connectivity index (χ4n) is 2.31. The second-order valence-corrected chi connectivity index (χ2v) is 7.86. The lowest BCUT2D eigenvalue weighted by Crippen LogP contribution is -2.46. The van der Waals surface area contributed by atoms with E-state index in [1.165, 1.54) is 0 Å². The molecule has 0 aromatic heterocycles. The molecule has 18 heavy (non-hydrogen) atoms. The number of carbonyl (C=O) groups is 1. The first-order chi connectivity index (χ1) is 8.26. The van der Waals surface area contributed by atoms with Crippen molar-refractivity contribution in [1.29, 1.82) is 0 Å². The molecule has 0 radical (unpaired) electrons. The Hall–Kier alpha value is -0.620. The molecule has 2 atom stereocenters. The molecule has 0 spiro atoms. The van der Waals surface area contributed by atoms with Crippen molar-refractivity contribution in [3.8, 4) is 0 Å². The average Bonchev–Trinajstić information content (AvgIpc) is 2.50. The molecule has 0 aromatic rings. The molecule has 1 fully saturated rings. The molecule has 1 saturated heterocycles. The summed E-state index contributed by atoms with van der Waals surface area (Å²) < 4.78 is 22.8. The lowest BCUT2D eigenvalue weighted by atomic mass is 9.99. The van der Waals surface area contributed by atoms with Crippen molar-refractivity contribution in [2.45, 2.75) is 45.1 Å². The van der Waals surface area contributed by atoms with Crippen molar-refractivity contribution in [3.63, 3.8) is 0 Å². The van der Waals surface area contributed by atoms with Crippen molar-refractivity contribution < 1.29 is 13.2 Å². The summed E-state index contributed by atoms with van der Waals surface area (Å²) in [6.45, 7) is 4.51. The van der Waals surface area contributed by atoms with Gasteiger partial charge in [0.2, 0.25) is 5.91 Å². The van der Waals surface area contributed by atoms with Gasteiger partial charge in [-0.1, -0.05) is 6.92 Å². The Bertz CT molecular complexity index is 394. The van der Waals surface area contributed by atoms with Gasteiger partial charge in [0.1, 0.15) is 0 Å². The van der Waals surface area contributed by atoms with E-state index >= 15 is 0 Å². The van der Waals surface area contributed by atoms with Crippen LogP contribution in [0.2, 0.25) is 0 Å². The monoisotopic (exact) mass is 276 g/mol. The highest BCUT2D eigenvalue weighted by Gasteiger charge is 2.39. The molecule has 1 rings (SSSR count). The minimum absolute atomic E-state index is 0.0570. The van der Waals surface area contributed by atoms with Crippen molar-refractivity contribution in [2.24, 2.45) is 11.7 Å². The molecule has 5 nitrogen and oxygen atoms in total. The highest BCUT2D eigenvalue weighted by molar-refractivity contribution is 7.91. The minimum Gasteiger partial charge on any atom is -0.350 e. The number of nitrogens with one attached hydrogen (secondary N) is 1. The normalized spacial score (nSPS) is 27.9. The molecular formula is C12H24N2O3S. The van der Waals surface area contributed by atoms with Crippen LogP contribution in [0.15, 0.2) is 0 Å². The summed E-state index contributed by atoms with van der Waals surface area (Å²) in [5.74, 6) is 0.608. The minimum atomic E-state index is -2.97. The summed E-state index contributed by atoms with van der Waals surface area (Å²) in [7, 11) is -2.97. The SMILES string of the molecule is CC(CCN)CCC(=O)NC1(C)CCS(=O)(=O)C1. The molecule has 1 aliphatic heterocycles. The van der Waals surface area contributed by atoms with E-state index in [0.29, 0.717) is 25.3 Å². The fourth-order valence-corrected chi connectivity index (χ4v) is 4.41. The summed E-state index contributed by atoms with van der Waals surface area (Å²) in [5.41, 5.74) is 4.88. The zero-order valence-corrected chi connectivity index (χ0v) is 12.1. The van der Waals surface area contributed by atoms with Crippen LogP contribution in [-0.2, 0) is 14.6 Å². The van der Waals surface area contributed by atoms with Gasteiger partial charge in [-0.2, -0.15) is 0 Å². The second-order valence-electron chi connectivity index (χ2n) is 5.67.